The van der Waals surface area contributed by atoms with Gasteiger partial charge in [-0.1, -0.05) is 41.3 Å². The number of alkyl halides is 1. The first-order valence-corrected chi connectivity index (χ1v) is 6.74. The lowest BCUT2D eigenvalue weighted by molar-refractivity contribution is 0.610. The number of nitrogens with zero attached hydrogens (tertiary/aromatic N) is 1. The van der Waals surface area contributed by atoms with Gasteiger partial charge in [-0.05, 0) is 36.8 Å². The first-order chi connectivity index (χ1) is 7.27. The highest BCUT2D eigenvalue weighted by Gasteiger charge is 2.22. The Kier molecular flexibility index (Phi) is 3.79. The summed E-state index contributed by atoms with van der Waals surface area (Å²) in [5.41, 5.74) is 2.69. The van der Waals surface area contributed by atoms with Crippen LogP contribution in [0.2, 0.25) is 0 Å². The summed E-state index contributed by atoms with van der Waals surface area (Å²) in [6, 6.07) is 2.29. The van der Waals surface area contributed by atoms with Crippen molar-refractivity contribution >= 4 is 15.9 Å². The third-order valence-electron chi connectivity index (χ3n) is 3.26. The number of aromatic nitrogens is 1. The third kappa shape index (κ3) is 2.81. The molecule has 0 radical (unpaired) electrons. The molecule has 1 nitrogen and oxygen atoms in total. The van der Waals surface area contributed by atoms with Crippen molar-refractivity contribution in [2.75, 3.05) is 0 Å². The van der Waals surface area contributed by atoms with E-state index in [9.17, 15) is 0 Å². The van der Waals surface area contributed by atoms with Crippen molar-refractivity contribution in [3.05, 3.63) is 29.6 Å². The fraction of sp³-hybridized carbons (Fsp3) is 0.615. The van der Waals surface area contributed by atoms with Gasteiger partial charge in [-0.15, -0.1) is 0 Å². The van der Waals surface area contributed by atoms with E-state index in [0.29, 0.717) is 10.7 Å². The summed E-state index contributed by atoms with van der Waals surface area (Å²) in [4.78, 5) is 4.95. The first kappa shape index (κ1) is 11.1. The van der Waals surface area contributed by atoms with Gasteiger partial charge in [0.15, 0.2) is 0 Å². The van der Waals surface area contributed by atoms with Gasteiger partial charge in [0.05, 0.1) is 0 Å². The third-order valence-corrected chi connectivity index (χ3v) is 4.35. The second kappa shape index (κ2) is 5.11. The lowest BCUT2D eigenvalue weighted by Crippen LogP contribution is -2.11. The zero-order valence-corrected chi connectivity index (χ0v) is 10.8. The normalized spacial score (nSPS) is 27.3. The predicted octanol–water partition coefficient (Wildman–Crippen LogP) is 4.20. The van der Waals surface area contributed by atoms with Crippen LogP contribution in [0.4, 0.5) is 0 Å². The summed E-state index contributed by atoms with van der Waals surface area (Å²) >= 11 is 3.84. The van der Waals surface area contributed by atoms with E-state index in [0.717, 1.165) is 0 Å². The molecule has 0 aliphatic heterocycles. The number of halogens is 1. The molecule has 2 heteroatoms. The molecule has 15 heavy (non-hydrogen) atoms. The van der Waals surface area contributed by atoms with Gasteiger partial charge >= 0.3 is 0 Å². The van der Waals surface area contributed by atoms with Crippen molar-refractivity contribution in [3.8, 4) is 0 Å². The fourth-order valence-electron chi connectivity index (χ4n) is 2.42. The van der Waals surface area contributed by atoms with E-state index in [1.807, 2.05) is 12.4 Å². The summed E-state index contributed by atoms with van der Waals surface area (Å²) in [7, 11) is 0. The minimum absolute atomic E-state index is 0.642. The largest absolute Gasteiger partial charge is 0.264 e. The van der Waals surface area contributed by atoms with E-state index in [1.165, 1.54) is 43.2 Å². The van der Waals surface area contributed by atoms with Gasteiger partial charge in [0.25, 0.3) is 0 Å². The molecule has 0 spiro atoms. The highest BCUT2D eigenvalue weighted by molar-refractivity contribution is 9.09. The van der Waals surface area contributed by atoms with Gasteiger partial charge in [0.1, 0.15) is 0 Å². The molecule has 0 saturated heterocycles. The number of hydrogen-bond acceptors (Lipinski definition) is 1. The summed E-state index contributed by atoms with van der Waals surface area (Å²) in [6.07, 6.45) is 10.7. The Labute approximate surface area is 100 Å². The second-order valence-electron chi connectivity index (χ2n) is 4.56. The van der Waals surface area contributed by atoms with Gasteiger partial charge in [-0.25, -0.2) is 0 Å². The Morgan fingerprint density at radius 3 is 2.80 bits per heavy atom. The minimum Gasteiger partial charge on any atom is -0.264 e. The Bertz CT molecular complexity index is 324. The summed E-state index contributed by atoms with van der Waals surface area (Å²) in [5, 5.41) is 0. The summed E-state index contributed by atoms with van der Waals surface area (Å²) in [6.45, 7) is 2.12. The van der Waals surface area contributed by atoms with Crippen molar-refractivity contribution in [1.82, 2.24) is 4.98 Å². The maximum atomic E-state index is 4.30. The molecule has 0 N–H and O–H groups in total. The van der Waals surface area contributed by atoms with Crippen LogP contribution < -0.4 is 0 Å². The van der Waals surface area contributed by atoms with Crippen LogP contribution in [0, 0.1) is 6.92 Å². The van der Waals surface area contributed by atoms with Crippen molar-refractivity contribution in [1.29, 1.82) is 0 Å². The highest BCUT2D eigenvalue weighted by atomic mass is 79.9. The van der Waals surface area contributed by atoms with Crippen molar-refractivity contribution in [2.45, 2.75) is 49.8 Å². The van der Waals surface area contributed by atoms with E-state index in [1.54, 1.807) is 0 Å². The quantitative estimate of drug-likeness (QED) is 0.549. The van der Waals surface area contributed by atoms with E-state index >= 15 is 0 Å². The lowest BCUT2D eigenvalue weighted by atomic mass is 9.92. The molecule has 0 aromatic carbocycles. The van der Waals surface area contributed by atoms with Gasteiger partial charge < -0.3 is 0 Å². The maximum Gasteiger partial charge on any atom is 0.0303 e. The predicted molar refractivity (Wildman–Crippen MR) is 67.5 cm³/mol. The zero-order valence-electron chi connectivity index (χ0n) is 9.25. The van der Waals surface area contributed by atoms with Crippen molar-refractivity contribution in [2.24, 2.45) is 0 Å². The molecule has 1 heterocycles. The van der Waals surface area contributed by atoms with Crippen molar-refractivity contribution < 1.29 is 0 Å². The van der Waals surface area contributed by atoms with Crippen molar-refractivity contribution in [3.63, 3.8) is 0 Å². The number of hydrogen-bond donors (Lipinski definition) is 0. The first-order valence-electron chi connectivity index (χ1n) is 5.83. The average Bonchev–Trinajstić information content (AvgIpc) is 2.43. The Balaban J connectivity index is 2.20. The van der Waals surface area contributed by atoms with E-state index in [2.05, 4.69) is 33.9 Å². The molecule has 2 atom stereocenters. The van der Waals surface area contributed by atoms with Crippen LogP contribution in [0.5, 0.6) is 0 Å². The molecule has 1 fully saturated rings. The topological polar surface area (TPSA) is 12.9 Å². The molecule has 2 rings (SSSR count). The van der Waals surface area contributed by atoms with Crippen LogP contribution in [0.3, 0.4) is 0 Å². The van der Waals surface area contributed by atoms with Crippen LogP contribution in [0.25, 0.3) is 0 Å². The second-order valence-corrected chi connectivity index (χ2v) is 5.73. The lowest BCUT2D eigenvalue weighted by Gasteiger charge is -2.20. The standard InChI is InChI=1S/C13H18BrN/c1-10-7-11(9-15-8-10)12-5-3-2-4-6-13(12)14/h7-9,12-13H,2-6H2,1H3. The van der Waals surface area contributed by atoms with Gasteiger partial charge in [0, 0.05) is 17.2 Å². The van der Waals surface area contributed by atoms with Crippen LogP contribution in [0.15, 0.2) is 18.5 Å². The Morgan fingerprint density at radius 2 is 2.00 bits per heavy atom. The van der Waals surface area contributed by atoms with E-state index < -0.39 is 0 Å². The molecule has 0 bridgehead atoms. The van der Waals surface area contributed by atoms with Crippen LogP contribution >= 0.6 is 15.9 Å². The SMILES string of the molecule is Cc1cncc(C2CCCCCC2Br)c1. The van der Waals surface area contributed by atoms with E-state index in [4.69, 9.17) is 0 Å². The number of pyridine rings is 1. The fourth-order valence-corrected chi connectivity index (χ4v) is 3.31. The Hall–Kier alpha value is -0.370. The van der Waals surface area contributed by atoms with Crippen LogP contribution in [-0.4, -0.2) is 9.81 Å². The number of aryl methyl sites for hydroxylation is 1. The molecule has 1 aromatic rings. The number of rotatable bonds is 1. The average molecular weight is 268 g/mol. The molecule has 1 aromatic heterocycles. The Morgan fingerprint density at radius 1 is 1.20 bits per heavy atom. The molecule has 1 aliphatic carbocycles. The summed E-state index contributed by atoms with van der Waals surface area (Å²) in [5.74, 6) is 0.667. The zero-order chi connectivity index (χ0) is 10.7. The molecule has 1 saturated carbocycles. The molecule has 0 amide bonds. The molecular formula is C13H18BrN. The minimum atomic E-state index is 0.642. The monoisotopic (exact) mass is 267 g/mol. The summed E-state index contributed by atoms with van der Waals surface area (Å²) < 4.78 is 0. The highest BCUT2D eigenvalue weighted by Crippen LogP contribution is 2.36. The smallest absolute Gasteiger partial charge is 0.0303 e. The van der Waals surface area contributed by atoms with E-state index in [-0.39, 0.29) is 0 Å². The van der Waals surface area contributed by atoms with Gasteiger partial charge in [-0.3, -0.25) is 4.98 Å². The molecular weight excluding hydrogens is 250 g/mol. The van der Waals surface area contributed by atoms with Crippen LogP contribution in [0.1, 0.15) is 49.1 Å². The molecule has 2 unspecified atom stereocenters. The molecule has 1 aliphatic rings. The van der Waals surface area contributed by atoms with Gasteiger partial charge in [0.2, 0.25) is 0 Å². The maximum absolute atomic E-state index is 4.30. The van der Waals surface area contributed by atoms with Gasteiger partial charge in [-0.2, -0.15) is 0 Å². The van der Waals surface area contributed by atoms with Crippen LogP contribution in [-0.2, 0) is 0 Å². The molecule has 82 valence electrons.